The highest BCUT2D eigenvalue weighted by atomic mass is 16.6. The van der Waals surface area contributed by atoms with Crippen LogP contribution < -0.4 is 15.5 Å². The minimum absolute atomic E-state index is 0.0379. The van der Waals surface area contributed by atoms with Crippen LogP contribution in [0.1, 0.15) is 96.8 Å². The normalized spacial score (nSPS) is 12.0. The average molecular weight is 489 g/mol. The fourth-order valence-electron chi connectivity index (χ4n) is 3.57. The van der Waals surface area contributed by atoms with Crippen LogP contribution in [0.2, 0.25) is 0 Å². The van der Waals surface area contributed by atoms with E-state index in [1.54, 1.807) is 7.11 Å². The molecule has 34 heavy (non-hydrogen) atoms. The number of carbonyl (C=O) groups excluding carboxylic acids is 2. The van der Waals surface area contributed by atoms with Crippen LogP contribution in [0, 0.1) is 0 Å². The molecule has 8 nitrogen and oxygen atoms in total. The molecule has 0 bridgehead atoms. The van der Waals surface area contributed by atoms with Crippen molar-refractivity contribution in [1.29, 1.82) is 0 Å². The van der Waals surface area contributed by atoms with Crippen molar-refractivity contribution in [1.82, 2.24) is 10.6 Å². The van der Waals surface area contributed by atoms with E-state index < -0.39 is 12.1 Å². The largest absolute Gasteiger partial charge is 0.446 e. The predicted octanol–water partition coefficient (Wildman–Crippen LogP) is 4.08. The summed E-state index contributed by atoms with van der Waals surface area (Å²) in [6.07, 6.45) is 17.5. The number of nitrogens with one attached hydrogen (secondary N) is 3. The molecule has 0 saturated heterocycles. The zero-order valence-corrected chi connectivity index (χ0v) is 22.6. The Kier molecular flexibility index (Phi) is 23.7. The number of quaternary nitrogens is 1. The molecule has 3 N–H and O–H groups in total. The molecule has 0 aliphatic heterocycles. The minimum Gasteiger partial charge on any atom is -0.446 e. The number of imide groups is 1. The van der Waals surface area contributed by atoms with Gasteiger partial charge in [-0.15, -0.1) is 0 Å². The van der Waals surface area contributed by atoms with E-state index in [0.29, 0.717) is 19.8 Å². The van der Waals surface area contributed by atoms with Gasteiger partial charge in [0.15, 0.2) is 0 Å². The Bertz CT molecular complexity index is 477. The molecule has 3 amide bonds. The lowest BCUT2D eigenvalue weighted by atomic mass is 10.0. The van der Waals surface area contributed by atoms with E-state index in [1.165, 1.54) is 88.4 Å². The molecule has 0 heterocycles. The van der Waals surface area contributed by atoms with Crippen LogP contribution in [-0.2, 0) is 14.2 Å². The molecule has 202 valence electrons. The van der Waals surface area contributed by atoms with Gasteiger partial charge in [-0.1, -0.05) is 90.4 Å². The van der Waals surface area contributed by atoms with Gasteiger partial charge in [0.2, 0.25) is 0 Å². The zero-order chi connectivity index (χ0) is 25.3. The maximum Gasteiger partial charge on any atom is 0.415 e. The number of rotatable bonds is 23. The number of likely N-dealkylation sites (N-methyl/N-ethyl adjacent to an activating group) is 1. The first kappa shape index (κ1) is 32.6. The van der Waals surface area contributed by atoms with Crippen LogP contribution >= 0.6 is 0 Å². The van der Waals surface area contributed by atoms with Gasteiger partial charge in [-0.3, -0.25) is 0 Å². The number of amides is 3. The molecule has 0 saturated carbocycles. The summed E-state index contributed by atoms with van der Waals surface area (Å²) < 4.78 is 16.0. The van der Waals surface area contributed by atoms with E-state index in [2.05, 4.69) is 17.6 Å². The Morgan fingerprint density at radius 3 is 1.82 bits per heavy atom. The van der Waals surface area contributed by atoms with Gasteiger partial charge in [-0.25, -0.2) is 14.9 Å². The van der Waals surface area contributed by atoms with E-state index in [9.17, 15) is 9.59 Å². The number of ether oxygens (including phenoxy) is 3. The van der Waals surface area contributed by atoms with Crippen molar-refractivity contribution in [2.45, 2.75) is 103 Å². The first-order valence-corrected chi connectivity index (χ1v) is 13.6. The third-order valence-corrected chi connectivity index (χ3v) is 5.81. The molecule has 0 aliphatic rings. The molecule has 0 spiro atoms. The summed E-state index contributed by atoms with van der Waals surface area (Å²) in [5, 5.41) is 4.74. The van der Waals surface area contributed by atoms with Crippen molar-refractivity contribution in [3.63, 3.8) is 0 Å². The molecule has 0 aromatic carbocycles. The van der Waals surface area contributed by atoms with Crippen molar-refractivity contribution < 1.29 is 28.7 Å². The van der Waals surface area contributed by atoms with Gasteiger partial charge in [-0.2, -0.15) is 0 Å². The lowest BCUT2D eigenvalue weighted by molar-refractivity contribution is -0.856. The highest BCUT2D eigenvalue weighted by molar-refractivity contribution is 5.90. The van der Waals surface area contributed by atoms with Gasteiger partial charge in [0.05, 0.1) is 33.8 Å². The molecular formula is C26H54N3O5+. The SMILES string of the molecule is CCCCCCCCCCCCCCCCOCC(COC(=O)NC(=O)NCC[NH+](C)C)OC. The van der Waals surface area contributed by atoms with E-state index >= 15 is 0 Å². The molecule has 1 unspecified atom stereocenters. The molecular weight excluding hydrogens is 434 g/mol. The summed E-state index contributed by atoms with van der Waals surface area (Å²) in [7, 11) is 5.53. The summed E-state index contributed by atoms with van der Waals surface area (Å²) in [6.45, 7) is 4.60. The third-order valence-electron chi connectivity index (χ3n) is 5.81. The number of unbranched alkanes of at least 4 members (excludes halogenated alkanes) is 13. The summed E-state index contributed by atoms with van der Waals surface area (Å²) in [5.41, 5.74) is 0. The topological polar surface area (TPSA) is 90.3 Å². The molecule has 8 heteroatoms. The molecule has 0 aromatic rings. The smallest absolute Gasteiger partial charge is 0.415 e. The number of hydrogen-bond acceptors (Lipinski definition) is 5. The average Bonchev–Trinajstić information content (AvgIpc) is 2.80. The second-order valence-electron chi connectivity index (χ2n) is 9.47. The van der Waals surface area contributed by atoms with Crippen molar-refractivity contribution in [2.24, 2.45) is 0 Å². The summed E-state index contributed by atoms with van der Waals surface area (Å²) in [5.74, 6) is 0. The van der Waals surface area contributed by atoms with Gasteiger partial charge >= 0.3 is 12.1 Å². The Balaban J connectivity index is 3.49. The van der Waals surface area contributed by atoms with E-state index in [0.717, 1.165) is 13.0 Å². The molecule has 1 atom stereocenters. The number of methoxy groups -OCH3 is 1. The molecule has 0 radical (unpaired) electrons. The van der Waals surface area contributed by atoms with Crippen molar-refractivity contribution in [3.8, 4) is 0 Å². The summed E-state index contributed by atoms with van der Waals surface area (Å²) >= 11 is 0. The molecule has 0 rings (SSSR count). The second-order valence-corrected chi connectivity index (χ2v) is 9.47. The van der Waals surface area contributed by atoms with Crippen LogP contribution in [0.15, 0.2) is 0 Å². The summed E-state index contributed by atoms with van der Waals surface area (Å²) in [6, 6.07) is -0.561. The molecule has 0 aliphatic carbocycles. The maximum atomic E-state index is 11.7. The van der Waals surface area contributed by atoms with E-state index in [-0.39, 0.29) is 12.7 Å². The summed E-state index contributed by atoms with van der Waals surface area (Å²) in [4.78, 5) is 24.5. The van der Waals surface area contributed by atoms with Crippen LogP contribution in [0.5, 0.6) is 0 Å². The molecule has 0 fully saturated rings. The number of alkyl carbamates (subject to hydrolysis) is 1. The Morgan fingerprint density at radius 1 is 0.794 bits per heavy atom. The fraction of sp³-hybridized carbons (Fsp3) is 0.923. The Morgan fingerprint density at radius 2 is 1.32 bits per heavy atom. The standard InChI is InChI=1S/C26H53N3O5/c1-5-6-7-8-9-10-11-12-13-14-15-16-17-18-21-33-22-24(32-4)23-34-26(31)28-25(30)27-19-20-29(2)3/h24H,5-23H2,1-4H3,(H2,27,28,30,31)/p+1. The van der Waals surface area contributed by atoms with Crippen LogP contribution in [0.25, 0.3) is 0 Å². The van der Waals surface area contributed by atoms with Crippen molar-refractivity contribution in [2.75, 3.05) is 54.1 Å². The zero-order valence-electron chi connectivity index (χ0n) is 22.6. The van der Waals surface area contributed by atoms with Crippen molar-refractivity contribution >= 4 is 12.1 Å². The number of hydrogen-bond donors (Lipinski definition) is 3. The predicted molar refractivity (Wildman–Crippen MR) is 137 cm³/mol. The third kappa shape index (κ3) is 23.8. The Hall–Kier alpha value is -1.38. The second kappa shape index (κ2) is 24.7. The monoisotopic (exact) mass is 488 g/mol. The number of carbonyl (C=O) groups is 2. The van der Waals surface area contributed by atoms with Gasteiger partial charge in [0.25, 0.3) is 0 Å². The van der Waals surface area contributed by atoms with Crippen LogP contribution in [-0.4, -0.2) is 72.3 Å². The van der Waals surface area contributed by atoms with E-state index in [4.69, 9.17) is 14.2 Å². The van der Waals surface area contributed by atoms with Gasteiger partial charge in [0.1, 0.15) is 12.7 Å². The van der Waals surface area contributed by atoms with Crippen LogP contribution in [0.4, 0.5) is 9.59 Å². The quantitative estimate of drug-likeness (QED) is 0.189. The maximum absolute atomic E-state index is 11.7. The Labute approximate surface area is 208 Å². The number of urea groups is 1. The van der Waals surface area contributed by atoms with Gasteiger partial charge in [-0.05, 0) is 6.42 Å². The fourth-order valence-corrected chi connectivity index (χ4v) is 3.57. The highest BCUT2D eigenvalue weighted by Crippen LogP contribution is 2.13. The van der Waals surface area contributed by atoms with Gasteiger partial charge in [0, 0.05) is 13.7 Å². The minimum atomic E-state index is -0.788. The highest BCUT2D eigenvalue weighted by Gasteiger charge is 2.13. The lowest BCUT2D eigenvalue weighted by Gasteiger charge is -2.16. The van der Waals surface area contributed by atoms with E-state index in [1.807, 2.05) is 14.1 Å². The van der Waals surface area contributed by atoms with Crippen molar-refractivity contribution in [3.05, 3.63) is 0 Å². The van der Waals surface area contributed by atoms with Crippen LogP contribution in [0.3, 0.4) is 0 Å². The molecule has 0 aromatic heterocycles. The first-order chi connectivity index (χ1) is 16.5. The lowest BCUT2D eigenvalue weighted by Crippen LogP contribution is -3.06. The van der Waals surface area contributed by atoms with Gasteiger partial charge < -0.3 is 24.4 Å². The first-order valence-electron chi connectivity index (χ1n) is 13.6.